The number of nitrogens with one attached hydrogen (secondary N) is 2. The van der Waals surface area contributed by atoms with Gasteiger partial charge in [-0.1, -0.05) is 30.3 Å². The Morgan fingerprint density at radius 1 is 1.14 bits per heavy atom. The molecule has 1 aliphatic rings. The number of aromatic nitrogens is 1. The van der Waals surface area contributed by atoms with Crippen LogP contribution in [0.25, 0.3) is 10.9 Å². The summed E-state index contributed by atoms with van der Waals surface area (Å²) in [6, 6.07) is 20.0. The fourth-order valence-corrected chi connectivity index (χ4v) is 4.11. The molecule has 1 fully saturated rings. The van der Waals surface area contributed by atoms with Crippen molar-refractivity contribution in [3.63, 3.8) is 0 Å². The zero-order valence-electron chi connectivity index (χ0n) is 16.5. The van der Waals surface area contributed by atoms with Crippen LogP contribution in [0.4, 0.5) is 0 Å². The third-order valence-corrected chi connectivity index (χ3v) is 5.78. The molecule has 2 aromatic carbocycles. The van der Waals surface area contributed by atoms with Gasteiger partial charge >= 0.3 is 0 Å². The number of fused-ring (bicyclic) bond motifs is 1. The van der Waals surface area contributed by atoms with E-state index < -0.39 is 0 Å². The second-order valence-electron chi connectivity index (χ2n) is 7.83. The Morgan fingerprint density at radius 3 is 2.69 bits per heavy atom. The quantitative estimate of drug-likeness (QED) is 0.678. The van der Waals surface area contributed by atoms with Gasteiger partial charge in [-0.2, -0.15) is 5.26 Å². The van der Waals surface area contributed by atoms with Crippen LogP contribution < -0.4 is 5.32 Å². The maximum atomic E-state index is 12.4. The minimum Gasteiger partial charge on any atom is -0.351 e. The number of H-pyrrole nitrogens is 1. The van der Waals surface area contributed by atoms with E-state index in [1.54, 1.807) is 18.2 Å². The summed E-state index contributed by atoms with van der Waals surface area (Å²) in [7, 11) is 0. The lowest BCUT2D eigenvalue weighted by molar-refractivity contribution is 0.0940. The number of amides is 1. The summed E-state index contributed by atoms with van der Waals surface area (Å²) in [6.07, 6.45) is 3.59. The molecule has 4 rings (SSSR count). The molecule has 1 amide bonds. The van der Waals surface area contributed by atoms with Gasteiger partial charge < -0.3 is 15.2 Å². The van der Waals surface area contributed by atoms with Crippen molar-refractivity contribution in [3.05, 3.63) is 71.4 Å². The molecule has 29 heavy (non-hydrogen) atoms. The maximum Gasteiger partial charge on any atom is 0.267 e. The monoisotopic (exact) mass is 386 g/mol. The van der Waals surface area contributed by atoms with Gasteiger partial charge in [-0.15, -0.1) is 0 Å². The van der Waals surface area contributed by atoms with Crippen LogP contribution in [0.2, 0.25) is 0 Å². The zero-order chi connectivity index (χ0) is 20.1. The summed E-state index contributed by atoms with van der Waals surface area (Å²) < 4.78 is 0. The largest absolute Gasteiger partial charge is 0.351 e. The van der Waals surface area contributed by atoms with E-state index in [1.165, 1.54) is 24.8 Å². The van der Waals surface area contributed by atoms with Crippen LogP contribution in [0.3, 0.4) is 0 Å². The van der Waals surface area contributed by atoms with Crippen LogP contribution in [0, 0.1) is 17.2 Å². The van der Waals surface area contributed by atoms with E-state index in [-0.39, 0.29) is 5.91 Å². The Morgan fingerprint density at radius 2 is 1.93 bits per heavy atom. The van der Waals surface area contributed by atoms with E-state index in [9.17, 15) is 4.79 Å². The first kappa shape index (κ1) is 19.2. The molecule has 2 heterocycles. The topological polar surface area (TPSA) is 71.9 Å². The number of likely N-dealkylation sites (tertiary alicyclic amines) is 1. The molecule has 0 bridgehead atoms. The predicted octanol–water partition coefficient (Wildman–Crippen LogP) is 3.72. The first-order chi connectivity index (χ1) is 14.2. The van der Waals surface area contributed by atoms with E-state index >= 15 is 0 Å². The molecule has 0 atom stereocenters. The fourth-order valence-electron chi connectivity index (χ4n) is 4.11. The van der Waals surface area contributed by atoms with Gasteiger partial charge in [0.1, 0.15) is 5.69 Å². The Labute approximate surface area is 171 Å². The Hall–Kier alpha value is -3.10. The molecular formula is C24H26N4O. The summed E-state index contributed by atoms with van der Waals surface area (Å²) in [6.45, 7) is 3.71. The minimum absolute atomic E-state index is 0.0985. The molecule has 0 spiro atoms. The fraction of sp³-hybridized carbons (Fsp3) is 0.333. The van der Waals surface area contributed by atoms with Crippen molar-refractivity contribution in [2.75, 3.05) is 26.2 Å². The Bertz CT molecular complexity index is 1010. The van der Waals surface area contributed by atoms with Crippen molar-refractivity contribution in [2.45, 2.75) is 19.3 Å². The highest BCUT2D eigenvalue weighted by Gasteiger charge is 2.19. The number of nitrogens with zero attached hydrogens (tertiary/aromatic N) is 2. The lowest BCUT2D eigenvalue weighted by atomic mass is 9.90. The normalized spacial score (nSPS) is 15.3. The number of carbonyl (C=O) groups excluding carboxylic acids is 1. The molecule has 0 unspecified atom stereocenters. The van der Waals surface area contributed by atoms with Gasteiger partial charge in [-0.05, 0) is 68.1 Å². The first-order valence-corrected chi connectivity index (χ1v) is 10.3. The molecule has 1 aliphatic heterocycles. The zero-order valence-corrected chi connectivity index (χ0v) is 16.5. The highest BCUT2D eigenvalue weighted by atomic mass is 16.1. The van der Waals surface area contributed by atoms with Gasteiger partial charge in [-0.25, -0.2) is 0 Å². The summed E-state index contributed by atoms with van der Waals surface area (Å²) in [5.41, 5.74) is 3.43. The standard InChI is InChI=1S/C24H26N4O/c25-17-20-6-7-22-21(15-20)16-23(27-22)24(29)26-10-13-28-11-8-19(9-12-28)14-18-4-2-1-3-5-18/h1-7,15-16,19,27H,8-14H2,(H,26,29). The Balaban J connectivity index is 1.21. The minimum atomic E-state index is -0.0985. The van der Waals surface area contributed by atoms with Crippen molar-refractivity contribution in [1.29, 1.82) is 5.26 Å². The molecule has 0 saturated carbocycles. The number of hydrogen-bond acceptors (Lipinski definition) is 3. The van der Waals surface area contributed by atoms with E-state index in [1.807, 2.05) is 6.07 Å². The maximum absolute atomic E-state index is 12.4. The molecule has 5 heteroatoms. The summed E-state index contributed by atoms with van der Waals surface area (Å²) in [5.74, 6) is 0.659. The van der Waals surface area contributed by atoms with Gasteiger partial charge in [0, 0.05) is 24.0 Å². The molecular weight excluding hydrogens is 360 g/mol. The average molecular weight is 386 g/mol. The number of hydrogen-bond donors (Lipinski definition) is 2. The third-order valence-electron chi connectivity index (χ3n) is 5.78. The number of piperidine rings is 1. The molecule has 1 aromatic heterocycles. The van der Waals surface area contributed by atoms with Crippen molar-refractivity contribution in [2.24, 2.45) is 5.92 Å². The van der Waals surface area contributed by atoms with Gasteiger partial charge in [0.05, 0.1) is 11.6 Å². The molecule has 3 aromatic rings. The van der Waals surface area contributed by atoms with E-state index in [0.29, 0.717) is 17.8 Å². The van der Waals surface area contributed by atoms with Crippen molar-refractivity contribution < 1.29 is 4.79 Å². The summed E-state index contributed by atoms with van der Waals surface area (Å²) in [5, 5.41) is 12.9. The van der Waals surface area contributed by atoms with Crippen molar-refractivity contribution in [1.82, 2.24) is 15.2 Å². The van der Waals surface area contributed by atoms with Crippen LogP contribution in [-0.2, 0) is 6.42 Å². The highest BCUT2D eigenvalue weighted by Crippen LogP contribution is 2.21. The summed E-state index contributed by atoms with van der Waals surface area (Å²) in [4.78, 5) is 18.0. The molecule has 148 valence electrons. The molecule has 5 nitrogen and oxygen atoms in total. The third kappa shape index (κ3) is 4.85. The Kier molecular flexibility index (Phi) is 5.92. The van der Waals surface area contributed by atoms with Crippen LogP contribution >= 0.6 is 0 Å². The molecule has 0 aliphatic carbocycles. The summed E-state index contributed by atoms with van der Waals surface area (Å²) >= 11 is 0. The van der Waals surface area contributed by atoms with Crippen molar-refractivity contribution in [3.8, 4) is 6.07 Å². The highest BCUT2D eigenvalue weighted by molar-refractivity contribution is 5.98. The average Bonchev–Trinajstić information content (AvgIpc) is 3.19. The van der Waals surface area contributed by atoms with Crippen LogP contribution in [-0.4, -0.2) is 42.0 Å². The smallest absolute Gasteiger partial charge is 0.267 e. The number of aromatic amines is 1. The van der Waals surface area contributed by atoms with E-state index in [0.717, 1.165) is 36.5 Å². The van der Waals surface area contributed by atoms with Crippen molar-refractivity contribution >= 4 is 16.8 Å². The number of nitriles is 1. The predicted molar refractivity (Wildman–Crippen MR) is 115 cm³/mol. The molecule has 1 saturated heterocycles. The lowest BCUT2D eigenvalue weighted by Crippen LogP contribution is -2.40. The van der Waals surface area contributed by atoms with E-state index in [2.05, 4.69) is 51.6 Å². The lowest BCUT2D eigenvalue weighted by Gasteiger charge is -2.32. The van der Waals surface area contributed by atoms with E-state index in [4.69, 9.17) is 5.26 Å². The first-order valence-electron chi connectivity index (χ1n) is 10.3. The number of carbonyl (C=O) groups is 1. The molecule has 2 N–H and O–H groups in total. The van der Waals surface area contributed by atoms with Gasteiger partial charge in [-0.3, -0.25) is 4.79 Å². The van der Waals surface area contributed by atoms with Crippen LogP contribution in [0.1, 0.15) is 34.5 Å². The SMILES string of the molecule is N#Cc1ccc2[nH]c(C(=O)NCCN3CCC(Cc4ccccc4)CC3)cc2c1. The molecule has 0 radical (unpaired) electrons. The number of rotatable bonds is 6. The second kappa shape index (κ2) is 8.93. The second-order valence-corrected chi connectivity index (χ2v) is 7.83. The van der Waals surface area contributed by atoms with Crippen LogP contribution in [0.5, 0.6) is 0 Å². The van der Waals surface area contributed by atoms with Gasteiger partial charge in [0.25, 0.3) is 5.91 Å². The van der Waals surface area contributed by atoms with Gasteiger partial charge in [0.2, 0.25) is 0 Å². The van der Waals surface area contributed by atoms with Gasteiger partial charge in [0.15, 0.2) is 0 Å². The number of benzene rings is 2. The van der Waals surface area contributed by atoms with Crippen LogP contribution in [0.15, 0.2) is 54.6 Å².